The minimum Gasteiger partial charge on any atom is -0.335 e. The summed E-state index contributed by atoms with van der Waals surface area (Å²) < 4.78 is 104. The Hall–Kier alpha value is -3.41. The lowest BCUT2D eigenvalue weighted by Gasteiger charge is -2.24. The highest BCUT2D eigenvalue weighted by molar-refractivity contribution is 7.90. The second-order valence-electron chi connectivity index (χ2n) is 8.39. The first-order valence-corrected chi connectivity index (χ1v) is 12.7. The van der Waals surface area contributed by atoms with Gasteiger partial charge >= 0.3 is 12.4 Å². The third kappa shape index (κ3) is 6.48. The number of benzene rings is 2. The van der Waals surface area contributed by atoms with E-state index < -0.39 is 45.8 Å². The van der Waals surface area contributed by atoms with Crippen LogP contribution in [0.1, 0.15) is 39.5 Å². The molecule has 1 aromatic heterocycles. The molecule has 0 N–H and O–H groups in total. The summed E-state index contributed by atoms with van der Waals surface area (Å²) >= 11 is 0. The molecule has 3 aromatic rings. The first kappa shape index (κ1) is 28.2. The maximum absolute atomic E-state index is 13.5. The highest BCUT2D eigenvalue weighted by Gasteiger charge is 2.37. The van der Waals surface area contributed by atoms with Crippen molar-refractivity contribution >= 4 is 15.7 Å². The minimum atomic E-state index is -5.03. The Morgan fingerprint density at radius 2 is 1.49 bits per heavy atom. The number of nitrogens with zero attached hydrogens (tertiary/aromatic N) is 2. The fourth-order valence-corrected chi connectivity index (χ4v) is 4.31. The lowest BCUT2D eigenvalue weighted by Crippen LogP contribution is -2.31. The standard InChI is InChI=1S/C25H22F6N2O3S/c1-4-33(14-16-9-17(24(26,27)28)11-18(10-16)25(29,30)31)23(34)21-13-32-22(37(3,35)36)12-20(21)19-8-6-5-7-15(19)2/h5-13H,4,14H2,1-3H3. The molecule has 0 radical (unpaired) electrons. The van der Waals surface area contributed by atoms with Crippen LogP contribution < -0.4 is 0 Å². The molecule has 12 heteroatoms. The van der Waals surface area contributed by atoms with Crippen LogP contribution in [0.4, 0.5) is 26.3 Å². The Morgan fingerprint density at radius 3 is 1.97 bits per heavy atom. The second-order valence-corrected chi connectivity index (χ2v) is 10.4. The van der Waals surface area contributed by atoms with Gasteiger partial charge in [-0.1, -0.05) is 24.3 Å². The Kier molecular flexibility index (Phi) is 7.73. The van der Waals surface area contributed by atoms with E-state index in [1.165, 1.54) is 13.0 Å². The predicted octanol–water partition coefficient (Wildman–Crippen LogP) is 6.16. The fraction of sp³-hybridized carbons (Fsp3) is 0.280. The Labute approximate surface area is 209 Å². The summed E-state index contributed by atoms with van der Waals surface area (Å²) in [7, 11) is -3.75. The van der Waals surface area contributed by atoms with Gasteiger partial charge in [0.15, 0.2) is 14.9 Å². The van der Waals surface area contributed by atoms with Crippen molar-refractivity contribution in [3.05, 3.63) is 82.5 Å². The number of halogens is 6. The van der Waals surface area contributed by atoms with E-state index >= 15 is 0 Å². The number of aryl methyl sites for hydroxylation is 1. The van der Waals surface area contributed by atoms with Crippen molar-refractivity contribution in [2.75, 3.05) is 12.8 Å². The fourth-order valence-electron chi connectivity index (χ4n) is 3.74. The van der Waals surface area contributed by atoms with Crippen LogP contribution >= 0.6 is 0 Å². The van der Waals surface area contributed by atoms with Crippen molar-refractivity contribution in [1.29, 1.82) is 0 Å². The number of amides is 1. The van der Waals surface area contributed by atoms with Gasteiger partial charge in [-0.2, -0.15) is 26.3 Å². The number of rotatable bonds is 6. The molecule has 0 aliphatic rings. The minimum absolute atomic E-state index is 0.0196. The maximum atomic E-state index is 13.5. The summed E-state index contributed by atoms with van der Waals surface area (Å²) in [5, 5.41) is -0.293. The molecule has 5 nitrogen and oxygen atoms in total. The van der Waals surface area contributed by atoms with E-state index in [1.807, 2.05) is 0 Å². The van der Waals surface area contributed by atoms with Crippen LogP contribution in [0.25, 0.3) is 11.1 Å². The molecule has 1 heterocycles. The molecule has 0 spiro atoms. The summed E-state index contributed by atoms with van der Waals surface area (Å²) in [5.74, 6) is -0.737. The molecule has 0 aliphatic carbocycles. The lowest BCUT2D eigenvalue weighted by atomic mass is 9.96. The van der Waals surface area contributed by atoms with Crippen molar-refractivity contribution < 1.29 is 39.6 Å². The monoisotopic (exact) mass is 544 g/mol. The molecule has 0 atom stereocenters. The summed E-state index contributed by atoms with van der Waals surface area (Å²) in [6.45, 7) is 2.64. The largest absolute Gasteiger partial charge is 0.416 e. The molecule has 37 heavy (non-hydrogen) atoms. The molecule has 0 aliphatic heterocycles. The summed E-state index contributed by atoms with van der Waals surface area (Å²) in [4.78, 5) is 18.4. The molecule has 0 unspecified atom stereocenters. The van der Waals surface area contributed by atoms with Crippen LogP contribution in [0.5, 0.6) is 0 Å². The molecule has 3 rings (SSSR count). The van der Waals surface area contributed by atoms with Crippen LogP contribution in [0.15, 0.2) is 59.8 Å². The second kappa shape index (κ2) is 10.2. The van der Waals surface area contributed by atoms with Gasteiger partial charge in [0.2, 0.25) is 0 Å². The highest BCUT2D eigenvalue weighted by Crippen LogP contribution is 2.37. The third-order valence-electron chi connectivity index (χ3n) is 5.61. The first-order valence-electron chi connectivity index (χ1n) is 10.9. The summed E-state index contributed by atoms with van der Waals surface area (Å²) in [6, 6.07) is 9.20. The van der Waals surface area contributed by atoms with Gasteiger partial charge in [0, 0.05) is 25.5 Å². The maximum Gasteiger partial charge on any atom is 0.416 e. The van der Waals surface area contributed by atoms with E-state index in [1.54, 1.807) is 31.2 Å². The van der Waals surface area contributed by atoms with Crippen molar-refractivity contribution in [3.8, 4) is 11.1 Å². The van der Waals surface area contributed by atoms with Gasteiger partial charge in [-0.05, 0) is 60.4 Å². The summed E-state index contributed by atoms with van der Waals surface area (Å²) in [6.07, 6.45) is -8.06. The van der Waals surface area contributed by atoms with E-state index in [4.69, 9.17) is 0 Å². The van der Waals surface area contributed by atoms with Gasteiger partial charge in [0.05, 0.1) is 16.7 Å². The third-order valence-corrected chi connectivity index (χ3v) is 6.60. The summed E-state index contributed by atoms with van der Waals surface area (Å²) in [5.41, 5.74) is -1.94. The number of pyridine rings is 1. The molecule has 1 amide bonds. The zero-order valence-electron chi connectivity index (χ0n) is 19.9. The van der Waals surface area contributed by atoms with Gasteiger partial charge in [-0.15, -0.1) is 0 Å². The SMILES string of the molecule is CCN(Cc1cc(C(F)(F)F)cc(C(F)(F)F)c1)C(=O)c1cnc(S(C)(=O)=O)cc1-c1ccccc1C. The van der Waals surface area contributed by atoms with Gasteiger partial charge in [0.1, 0.15) is 0 Å². The van der Waals surface area contributed by atoms with E-state index in [2.05, 4.69) is 4.98 Å². The molecule has 198 valence electrons. The molecule has 0 bridgehead atoms. The number of sulfone groups is 1. The van der Waals surface area contributed by atoms with Crippen LogP contribution in [-0.4, -0.2) is 37.0 Å². The first-order chi connectivity index (χ1) is 17.0. The topological polar surface area (TPSA) is 67.3 Å². The Bertz CT molecular complexity index is 1400. The van der Waals surface area contributed by atoms with E-state index in [-0.39, 0.29) is 34.3 Å². The predicted molar refractivity (Wildman–Crippen MR) is 124 cm³/mol. The van der Waals surface area contributed by atoms with Crippen LogP contribution in [-0.2, 0) is 28.7 Å². The quantitative estimate of drug-likeness (QED) is 0.349. The molecule has 0 saturated heterocycles. The number of aromatic nitrogens is 1. The lowest BCUT2D eigenvalue weighted by molar-refractivity contribution is -0.143. The molecular formula is C25H22F6N2O3S. The normalized spacial score (nSPS) is 12.5. The number of carbonyl (C=O) groups excluding carboxylic acids is 1. The van der Waals surface area contributed by atoms with Gasteiger partial charge in [0.25, 0.3) is 5.91 Å². The zero-order chi connectivity index (χ0) is 27.8. The van der Waals surface area contributed by atoms with E-state index in [9.17, 15) is 39.6 Å². The zero-order valence-corrected chi connectivity index (χ0v) is 20.7. The highest BCUT2D eigenvalue weighted by atomic mass is 32.2. The van der Waals surface area contributed by atoms with Crippen molar-refractivity contribution in [2.45, 2.75) is 37.8 Å². The smallest absolute Gasteiger partial charge is 0.335 e. The molecule has 2 aromatic carbocycles. The van der Waals surface area contributed by atoms with Crippen LogP contribution in [0.3, 0.4) is 0 Å². The van der Waals surface area contributed by atoms with E-state index in [0.29, 0.717) is 23.3 Å². The van der Waals surface area contributed by atoms with Crippen molar-refractivity contribution in [1.82, 2.24) is 9.88 Å². The molecule has 0 saturated carbocycles. The molecule has 0 fully saturated rings. The number of carbonyl (C=O) groups is 1. The van der Waals surface area contributed by atoms with Crippen molar-refractivity contribution in [3.63, 3.8) is 0 Å². The van der Waals surface area contributed by atoms with E-state index in [0.717, 1.165) is 17.4 Å². The Morgan fingerprint density at radius 1 is 0.919 bits per heavy atom. The van der Waals surface area contributed by atoms with Gasteiger partial charge < -0.3 is 4.90 Å². The van der Waals surface area contributed by atoms with Gasteiger partial charge in [-0.25, -0.2) is 13.4 Å². The number of hydrogen-bond acceptors (Lipinski definition) is 4. The van der Waals surface area contributed by atoms with Crippen molar-refractivity contribution in [2.24, 2.45) is 0 Å². The number of alkyl halides is 6. The van der Waals surface area contributed by atoms with Crippen LogP contribution in [0, 0.1) is 6.92 Å². The average Bonchev–Trinajstić information content (AvgIpc) is 2.80. The molecular weight excluding hydrogens is 522 g/mol. The van der Waals surface area contributed by atoms with Crippen LogP contribution in [0.2, 0.25) is 0 Å². The average molecular weight is 545 g/mol. The number of hydrogen-bond donors (Lipinski definition) is 0. The van der Waals surface area contributed by atoms with Gasteiger partial charge in [-0.3, -0.25) is 4.79 Å². The Balaban J connectivity index is 2.11.